The van der Waals surface area contributed by atoms with Gasteiger partial charge in [0.15, 0.2) is 0 Å². The maximum Gasteiger partial charge on any atom is 0.377 e. The number of aromatic carboxylic acids is 1. The van der Waals surface area contributed by atoms with Crippen molar-refractivity contribution in [3.05, 3.63) is 41.5 Å². The van der Waals surface area contributed by atoms with Crippen molar-refractivity contribution in [2.75, 3.05) is 7.11 Å². The molecule has 19 heavy (non-hydrogen) atoms. The Balaban J connectivity index is 2.46. The standard InChI is InChI=1S/C12H11N3O4/c1-7-3-4-8(11(16)17)5-9(7)15-6-13-10(14-15)12(18)19-2/h3-6H,1-2H3,(H,16,17). The predicted octanol–water partition coefficient (Wildman–Crippen LogP) is 1.06. The van der Waals surface area contributed by atoms with E-state index in [1.165, 1.54) is 30.3 Å². The van der Waals surface area contributed by atoms with Gasteiger partial charge in [-0.2, -0.15) is 0 Å². The zero-order chi connectivity index (χ0) is 14.0. The van der Waals surface area contributed by atoms with Crippen LogP contribution in [0.25, 0.3) is 5.69 Å². The third kappa shape index (κ3) is 2.44. The number of carbonyl (C=O) groups excluding carboxylic acids is 1. The molecule has 0 aliphatic heterocycles. The molecule has 1 N–H and O–H groups in total. The van der Waals surface area contributed by atoms with Gasteiger partial charge in [0.1, 0.15) is 6.33 Å². The first-order valence-corrected chi connectivity index (χ1v) is 5.37. The van der Waals surface area contributed by atoms with E-state index in [1.54, 1.807) is 13.0 Å². The lowest BCUT2D eigenvalue weighted by Crippen LogP contribution is -2.06. The van der Waals surface area contributed by atoms with Crippen LogP contribution in [0.15, 0.2) is 24.5 Å². The smallest absolute Gasteiger partial charge is 0.377 e. The monoisotopic (exact) mass is 261 g/mol. The molecular weight excluding hydrogens is 250 g/mol. The Kier molecular flexibility index (Phi) is 3.28. The number of hydrogen-bond donors (Lipinski definition) is 1. The van der Waals surface area contributed by atoms with Crippen LogP contribution in [0.2, 0.25) is 0 Å². The molecule has 7 nitrogen and oxygen atoms in total. The van der Waals surface area contributed by atoms with Gasteiger partial charge in [-0.15, -0.1) is 5.10 Å². The molecule has 0 atom stereocenters. The number of nitrogens with zero attached hydrogens (tertiary/aromatic N) is 3. The second kappa shape index (κ2) is 4.89. The van der Waals surface area contributed by atoms with Crippen LogP contribution in [-0.4, -0.2) is 38.9 Å². The fourth-order valence-electron chi connectivity index (χ4n) is 1.55. The maximum absolute atomic E-state index is 11.3. The van der Waals surface area contributed by atoms with Crippen LogP contribution in [0.5, 0.6) is 0 Å². The summed E-state index contributed by atoms with van der Waals surface area (Å²) in [5.74, 6) is -1.76. The first kappa shape index (κ1) is 12.7. The van der Waals surface area contributed by atoms with Gasteiger partial charge < -0.3 is 9.84 Å². The molecular formula is C12H11N3O4. The quantitative estimate of drug-likeness (QED) is 0.830. The minimum atomic E-state index is -1.03. The van der Waals surface area contributed by atoms with E-state index in [4.69, 9.17) is 5.11 Å². The molecule has 1 aromatic heterocycles. The van der Waals surface area contributed by atoms with Crippen molar-refractivity contribution in [3.8, 4) is 5.69 Å². The maximum atomic E-state index is 11.3. The van der Waals surface area contributed by atoms with Crippen LogP contribution < -0.4 is 0 Å². The van der Waals surface area contributed by atoms with E-state index in [0.717, 1.165) is 5.56 Å². The summed E-state index contributed by atoms with van der Waals surface area (Å²) in [5.41, 5.74) is 1.49. The van der Waals surface area contributed by atoms with Crippen molar-refractivity contribution in [1.29, 1.82) is 0 Å². The Bertz CT molecular complexity index is 648. The van der Waals surface area contributed by atoms with Gasteiger partial charge in [-0.05, 0) is 24.6 Å². The predicted molar refractivity (Wildman–Crippen MR) is 64.4 cm³/mol. The number of esters is 1. The summed E-state index contributed by atoms with van der Waals surface area (Å²) in [6.45, 7) is 1.81. The molecule has 0 saturated heterocycles. The summed E-state index contributed by atoms with van der Waals surface area (Å²) in [4.78, 5) is 26.0. The van der Waals surface area contributed by atoms with E-state index in [9.17, 15) is 9.59 Å². The highest BCUT2D eigenvalue weighted by Crippen LogP contribution is 2.15. The van der Waals surface area contributed by atoms with Crippen LogP contribution in [0.3, 0.4) is 0 Å². The van der Waals surface area contributed by atoms with Gasteiger partial charge in [0.05, 0.1) is 18.4 Å². The minimum Gasteiger partial charge on any atom is -0.478 e. The van der Waals surface area contributed by atoms with E-state index in [0.29, 0.717) is 5.69 Å². The van der Waals surface area contributed by atoms with Crippen LogP contribution >= 0.6 is 0 Å². The number of carboxylic acid groups (broad SMARTS) is 1. The number of aryl methyl sites for hydroxylation is 1. The molecule has 2 rings (SSSR count). The average Bonchev–Trinajstić information content (AvgIpc) is 2.87. The number of ether oxygens (including phenoxy) is 1. The molecule has 1 aromatic carbocycles. The fourth-order valence-corrected chi connectivity index (χ4v) is 1.55. The lowest BCUT2D eigenvalue weighted by molar-refractivity contribution is 0.0586. The lowest BCUT2D eigenvalue weighted by atomic mass is 10.1. The number of carbonyl (C=O) groups is 2. The molecule has 0 radical (unpaired) electrons. The Morgan fingerprint density at radius 1 is 1.37 bits per heavy atom. The summed E-state index contributed by atoms with van der Waals surface area (Å²) in [5, 5.41) is 12.9. The van der Waals surface area contributed by atoms with Gasteiger partial charge in [0.25, 0.3) is 5.82 Å². The summed E-state index contributed by atoms with van der Waals surface area (Å²) in [7, 11) is 1.24. The highest BCUT2D eigenvalue weighted by molar-refractivity contribution is 5.88. The summed E-state index contributed by atoms with van der Waals surface area (Å²) in [6, 6.07) is 4.63. The fraction of sp³-hybridized carbons (Fsp3) is 0.167. The van der Waals surface area contributed by atoms with Gasteiger partial charge in [0, 0.05) is 0 Å². The second-order valence-electron chi connectivity index (χ2n) is 3.81. The van der Waals surface area contributed by atoms with E-state index >= 15 is 0 Å². The number of carboxylic acids is 1. The van der Waals surface area contributed by atoms with E-state index in [-0.39, 0.29) is 11.4 Å². The molecule has 0 aliphatic carbocycles. The van der Waals surface area contributed by atoms with E-state index < -0.39 is 11.9 Å². The minimum absolute atomic E-state index is 0.0809. The average molecular weight is 261 g/mol. The zero-order valence-electron chi connectivity index (χ0n) is 10.3. The molecule has 0 aliphatic rings. The molecule has 0 spiro atoms. The zero-order valence-corrected chi connectivity index (χ0v) is 10.3. The Labute approximate surface area is 108 Å². The Morgan fingerprint density at radius 2 is 2.11 bits per heavy atom. The lowest BCUT2D eigenvalue weighted by Gasteiger charge is -2.06. The first-order valence-electron chi connectivity index (χ1n) is 5.37. The van der Waals surface area contributed by atoms with Crippen LogP contribution in [0.1, 0.15) is 26.5 Å². The normalized spacial score (nSPS) is 10.2. The highest BCUT2D eigenvalue weighted by atomic mass is 16.5. The molecule has 0 saturated carbocycles. The summed E-state index contributed by atoms with van der Waals surface area (Å²) in [6.07, 6.45) is 1.33. The molecule has 7 heteroatoms. The number of methoxy groups -OCH3 is 1. The second-order valence-corrected chi connectivity index (χ2v) is 3.81. The molecule has 0 fully saturated rings. The largest absolute Gasteiger partial charge is 0.478 e. The van der Waals surface area contributed by atoms with Crippen LogP contribution in [0, 0.1) is 6.92 Å². The summed E-state index contributed by atoms with van der Waals surface area (Å²) < 4.78 is 5.85. The van der Waals surface area contributed by atoms with Crippen molar-refractivity contribution in [2.24, 2.45) is 0 Å². The van der Waals surface area contributed by atoms with E-state index in [2.05, 4.69) is 14.8 Å². The molecule has 2 aromatic rings. The number of benzene rings is 1. The molecule has 0 unspecified atom stereocenters. The van der Waals surface area contributed by atoms with Crippen molar-refractivity contribution < 1.29 is 19.4 Å². The number of hydrogen-bond acceptors (Lipinski definition) is 5. The van der Waals surface area contributed by atoms with Crippen molar-refractivity contribution in [2.45, 2.75) is 6.92 Å². The van der Waals surface area contributed by atoms with Gasteiger partial charge >= 0.3 is 11.9 Å². The van der Waals surface area contributed by atoms with E-state index in [1.807, 2.05) is 0 Å². The van der Waals surface area contributed by atoms with Crippen LogP contribution in [0.4, 0.5) is 0 Å². The van der Waals surface area contributed by atoms with Crippen LogP contribution in [-0.2, 0) is 4.74 Å². The third-order valence-electron chi connectivity index (χ3n) is 2.56. The van der Waals surface area contributed by atoms with Gasteiger partial charge in [-0.1, -0.05) is 6.07 Å². The SMILES string of the molecule is COC(=O)c1ncn(-c2cc(C(=O)O)ccc2C)n1. The molecule has 98 valence electrons. The van der Waals surface area contributed by atoms with Crippen molar-refractivity contribution in [1.82, 2.24) is 14.8 Å². The number of rotatable bonds is 3. The third-order valence-corrected chi connectivity index (χ3v) is 2.56. The Morgan fingerprint density at radius 3 is 2.74 bits per heavy atom. The summed E-state index contributed by atoms with van der Waals surface area (Å²) >= 11 is 0. The van der Waals surface area contributed by atoms with Gasteiger partial charge in [-0.25, -0.2) is 19.3 Å². The molecule has 0 amide bonds. The highest BCUT2D eigenvalue weighted by Gasteiger charge is 2.14. The molecule has 0 bridgehead atoms. The molecule has 1 heterocycles. The van der Waals surface area contributed by atoms with Gasteiger partial charge in [0.2, 0.25) is 0 Å². The topological polar surface area (TPSA) is 94.3 Å². The van der Waals surface area contributed by atoms with Crippen molar-refractivity contribution in [3.63, 3.8) is 0 Å². The van der Waals surface area contributed by atoms with Crippen molar-refractivity contribution >= 4 is 11.9 Å². The number of aromatic nitrogens is 3. The van der Waals surface area contributed by atoms with Gasteiger partial charge in [-0.3, -0.25) is 0 Å². The Hall–Kier alpha value is -2.70. The first-order chi connectivity index (χ1) is 9.02.